The average molecular weight is 419 g/mol. The molecule has 30 heavy (non-hydrogen) atoms. The number of methoxy groups -OCH3 is 1. The summed E-state index contributed by atoms with van der Waals surface area (Å²) in [7, 11) is 1.48. The van der Waals surface area contributed by atoms with Crippen LogP contribution in [0.4, 0.5) is 0 Å². The monoisotopic (exact) mass is 418 g/mol. The van der Waals surface area contributed by atoms with Gasteiger partial charge >= 0.3 is 5.97 Å². The number of benzene rings is 3. The van der Waals surface area contributed by atoms with Gasteiger partial charge in [-0.15, -0.1) is 0 Å². The lowest BCUT2D eigenvalue weighted by Gasteiger charge is -2.08. The summed E-state index contributed by atoms with van der Waals surface area (Å²) >= 11 is 5.84. The van der Waals surface area contributed by atoms with Crippen LogP contribution >= 0.6 is 11.6 Å². The van der Waals surface area contributed by atoms with E-state index in [1.165, 1.54) is 19.3 Å². The molecule has 0 saturated heterocycles. The first-order valence-corrected chi connectivity index (χ1v) is 9.54. The smallest absolute Gasteiger partial charge is 0.336 e. The highest BCUT2D eigenvalue weighted by molar-refractivity contribution is 6.30. The van der Waals surface area contributed by atoms with E-state index in [0.717, 1.165) is 11.1 Å². The van der Waals surface area contributed by atoms with Gasteiger partial charge in [0.1, 0.15) is 0 Å². The van der Waals surface area contributed by atoms with Crippen molar-refractivity contribution in [3.63, 3.8) is 0 Å². The van der Waals surface area contributed by atoms with Gasteiger partial charge in [-0.1, -0.05) is 54.1 Å². The maximum absolute atomic E-state index is 12.2. The molecule has 0 radical (unpaired) electrons. The van der Waals surface area contributed by atoms with Crippen LogP contribution in [0, 0.1) is 0 Å². The number of ketones is 1. The first-order chi connectivity index (χ1) is 14.5. The van der Waals surface area contributed by atoms with Crippen LogP contribution in [0.1, 0.15) is 21.5 Å². The zero-order valence-corrected chi connectivity index (χ0v) is 17.0. The summed E-state index contributed by atoms with van der Waals surface area (Å²) in [4.78, 5) is 24.3. The molecule has 4 nitrogen and oxygen atoms in total. The Morgan fingerprint density at radius 2 is 1.50 bits per heavy atom. The fourth-order valence-corrected chi connectivity index (χ4v) is 2.75. The molecule has 0 fully saturated rings. The Labute approximate surface area is 180 Å². The van der Waals surface area contributed by atoms with Gasteiger partial charge < -0.3 is 9.47 Å². The predicted molar refractivity (Wildman–Crippen MR) is 119 cm³/mol. The van der Waals surface area contributed by atoms with E-state index in [0.29, 0.717) is 22.1 Å². The SMILES string of the molecule is COc1cc(C=CC(=O)c2ccc(Cl)cc2)ccc1OC(=O)C=Cc1ccccc1. The molecule has 0 aliphatic rings. The zero-order valence-electron chi connectivity index (χ0n) is 16.2. The Hall–Kier alpha value is -3.63. The number of hydrogen-bond acceptors (Lipinski definition) is 4. The third-order valence-electron chi connectivity index (χ3n) is 4.17. The number of hydrogen-bond donors (Lipinski definition) is 0. The molecule has 0 aliphatic heterocycles. The van der Waals surface area contributed by atoms with E-state index in [1.807, 2.05) is 30.3 Å². The van der Waals surface area contributed by atoms with Crippen LogP contribution in [0.5, 0.6) is 11.5 Å². The molecule has 0 N–H and O–H groups in total. The molecule has 0 unspecified atom stereocenters. The number of carbonyl (C=O) groups excluding carboxylic acids is 2. The van der Waals surface area contributed by atoms with E-state index < -0.39 is 5.97 Å². The summed E-state index contributed by atoms with van der Waals surface area (Å²) in [6.07, 6.45) is 6.16. The van der Waals surface area contributed by atoms with Crippen LogP contribution in [-0.4, -0.2) is 18.9 Å². The van der Waals surface area contributed by atoms with E-state index in [4.69, 9.17) is 21.1 Å². The minimum absolute atomic E-state index is 0.146. The van der Waals surface area contributed by atoms with Crippen LogP contribution < -0.4 is 9.47 Å². The van der Waals surface area contributed by atoms with Gasteiger partial charge in [-0.2, -0.15) is 0 Å². The Kier molecular flexibility index (Phi) is 7.19. The molecule has 0 aromatic heterocycles. The number of ether oxygens (including phenoxy) is 2. The third-order valence-corrected chi connectivity index (χ3v) is 4.42. The standard InChI is InChI=1S/C25H19ClO4/c1-29-24-17-19(7-14-22(27)20-10-12-21(26)13-11-20)8-15-23(24)30-25(28)16-9-18-5-3-2-4-6-18/h2-17H,1H3. The lowest BCUT2D eigenvalue weighted by atomic mass is 10.1. The molecule has 3 aromatic carbocycles. The number of esters is 1. The number of halogens is 1. The second-order valence-corrected chi connectivity index (χ2v) is 6.72. The highest BCUT2D eigenvalue weighted by Crippen LogP contribution is 2.29. The van der Waals surface area contributed by atoms with Gasteiger partial charge in [0.25, 0.3) is 0 Å². The zero-order chi connectivity index (χ0) is 21.3. The fourth-order valence-electron chi connectivity index (χ4n) is 2.63. The summed E-state index contributed by atoms with van der Waals surface area (Å²) in [5, 5.41) is 0.573. The maximum Gasteiger partial charge on any atom is 0.336 e. The van der Waals surface area contributed by atoms with Crippen molar-refractivity contribution in [2.45, 2.75) is 0 Å². The molecule has 0 bridgehead atoms. The first kappa shape index (κ1) is 21.1. The fraction of sp³-hybridized carbons (Fsp3) is 0.0400. The van der Waals surface area contributed by atoms with Crippen molar-refractivity contribution in [2.24, 2.45) is 0 Å². The van der Waals surface area contributed by atoms with Crippen molar-refractivity contribution < 1.29 is 19.1 Å². The highest BCUT2D eigenvalue weighted by atomic mass is 35.5. The second-order valence-electron chi connectivity index (χ2n) is 6.28. The molecular weight excluding hydrogens is 400 g/mol. The van der Waals surface area contributed by atoms with E-state index in [9.17, 15) is 9.59 Å². The molecule has 0 aliphatic carbocycles. The molecule has 0 saturated carbocycles. The van der Waals surface area contributed by atoms with Crippen LogP contribution in [0.25, 0.3) is 12.2 Å². The molecule has 0 heterocycles. The lowest BCUT2D eigenvalue weighted by molar-refractivity contribution is -0.129. The van der Waals surface area contributed by atoms with Crippen LogP contribution in [0.3, 0.4) is 0 Å². The molecule has 0 atom stereocenters. The highest BCUT2D eigenvalue weighted by Gasteiger charge is 2.09. The summed E-state index contributed by atoms with van der Waals surface area (Å²) in [5.74, 6) is 0.0180. The first-order valence-electron chi connectivity index (χ1n) is 9.16. The minimum atomic E-state index is -0.515. The van der Waals surface area contributed by atoms with Gasteiger partial charge in [0.15, 0.2) is 17.3 Å². The molecule has 3 aromatic rings. The molecule has 150 valence electrons. The topological polar surface area (TPSA) is 52.6 Å². The summed E-state index contributed by atoms with van der Waals surface area (Å²) in [6, 6.07) is 21.2. The normalized spacial score (nSPS) is 11.0. The van der Waals surface area contributed by atoms with Crippen molar-refractivity contribution in [1.82, 2.24) is 0 Å². The molecule has 0 amide bonds. The largest absolute Gasteiger partial charge is 0.493 e. The van der Waals surface area contributed by atoms with Gasteiger partial charge in [0.05, 0.1) is 7.11 Å². The van der Waals surface area contributed by atoms with Gasteiger partial charge in [-0.05, 0) is 59.7 Å². The van der Waals surface area contributed by atoms with E-state index in [-0.39, 0.29) is 5.78 Å². The van der Waals surface area contributed by atoms with Gasteiger partial charge in [0.2, 0.25) is 0 Å². The third kappa shape index (κ3) is 5.93. The average Bonchev–Trinajstić information content (AvgIpc) is 2.78. The summed E-state index contributed by atoms with van der Waals surface area (Å²) in [5.41, 5.74) is 2.17. The van der Waals surface area contributed by atoms with Crippen molar-refractivity contribution in [2.75, 3.05) is 7.11 Å². The Morgan fingerprint density at radius 1 is 0.800 bits per heavy atom. The van der Waals surface area contributed by atoms with E-state index >= 15 is 0 Å². The van der Waals surface area contributed by atoms with Crippen molar-refractivity contribution in [3.05, 3.63) is 107 Å². The van der Waals surface area contributed by atoms with Gasteiger partial charge in [-0.25, -0.2) is 4.79 Å². The minimum Gasteiger partial charge on any atom is -0.493 e. The number of rotatable bonds is 7. The van der Waals surface area contributed by atoms with Crippen LogP contribution in [-0.2, 0) is 4.79 Å². The van der Waals surface area contributed by atoms with Crippen molar-refractivity contribution in [3.8, 4) is 11.5 Å². The maximum atomic E-state index is 12.2. The molecule has 3 rings (SSSR count). The van der Waals surface area contributed by atoms with E-state index in [1.54, 1.807) is 54.6 Å². The van der Waals surface area contributed by atoms with Gasteiger partial charge in [-0.3, -0.25) is 4.79 Å². The molecule has 0 spiro atoms. The molecule has 5 heteroatoms. The number of carbonyl (C=O) groups is 2. The van der Waals surface area contributed by atoms with Crippen molar-refractivity contribution >= 4 is 35.5 Å². The van der Waals surface area contributed by atoms with Crippen LogP contribution in [0.15, 0.2) is 84.9 Å². The Morgan fingerprint density at radius 3 is 2.20 bits per heavy atom. The number of allylic oxidation sites excluding steroid dienone is 1. The van der Waals surface area contributed by atoms with Gasteiger partial charge in [0, 0.05) is 16.7 Å². The lowest BCUT2D eigenvalue weighted by Crippen LogP contribution is -2.05. The Balaban J connectivity index is 1.68. The predicted octanol–water partition coefficient (Wildman–Crippen LogP) is 5.86. The second kappa shape index (κ2) is 10.2. The van der Waals surface area contributed by atoms with Crippen LogP contribution in [0.2, 0.25) is 5.02 Å². The van der Waals surface area contributed by atoms with E-state index in [2.05, 4.69) is 0 Å². The van der Waals surface area contributed by atoms with Crippen molar-refractivity contribution in [1.29, 1.82) is 0 Å². The summed E-state index contributed by atoms with van der Waals surface area (Å²) < 4.78 is 10.7. The quantitative estimate of drug-likeness (QED) is 0.208. The summed E-state index contributed by atoms with van der Waals surface area (Å²) in [6.45, 7) is 0. The molecular formula is C25H19ClO4. The Bertz CT molecular complexity index is 1080.